The van der Waals surface area contributed by atoms with Gasteiger partial charge in [-0.25, -0.2) is 0 Å². The van der Waals surface area contributed by atoms with Crippen LogP contribution in [0.3, 0.4) is 0 Å². The molecule has 2 aliphatic heterocycles. The second kappa shape index (κ2) is 10.3. The third-order valence-electron chi connectivity index (χ3n) is 6.59. The van der Waals surface area contributed by atoms with Crippen molar-refractivity contribution in [1.29, 1.82) is 0 Å². The molecule has 0 bridgehead atoms. The van der Waals surface area contributed by atoms with Crippen molar-refractivity contribution in [2.24, 2.45) is 29.6 Å². The zero-order chi connectivity index (χ0) is 21.7. The fourth-order valence-corrected chi connectivity index (χ4v) is 4.92. The molecule has 0 N–H and O–H groups in total. The zero-order valence-electron chi connectivity index (χ0n) is 19.0. The molecule has 2 amide bonds. The summed E-state index contributed by atoms with van der Waals surface area (Å²) < 4.78 is 6.11. The summed E-state index contributed by atoms with van der Waals surface area (Å²) in [5.41, 5.74) is 0. The lowest BCUT2D eigenvalue weighted by Gasteiger charge is -2.37. The number of rotatable bonds is 7. The fourth-order valence-electron chi connectivity index (χ4n) is 4.92. The Bertz CT molecular complexity index is 696. The highest BCUT2D eigenvalue weighted by atomic mass is 16.5. The lowest BCUT2D eigenvalue weighted by atomic mass is 9.78. The number of ether oxygens (including phenoxy) is 1. The van der Waals surface area contributed by atoms with E-state index in [2.05, 4.69) is 18.7 Å². The van der Waals surface area contributed by atoms with Crippen LogP contribution in [0.15, 0.2) is 30.3 Å². The molecule has 1 aromatic carbocycles. The average molecular weight is 415 g/mol. The first kappa shape index (κ1) is 22.6. The second-order valence-electron chi connectivity index (χ2n) is 9.76. The van der Waals surface area contributed by atoms with Crippen LogP contribution in [0.25, 0.3) is 0 Å². The summed E-state index contributed by atoms with van der Waals surface area (Å²) >= 11 is 0. The smallest absolute Gasteiger partial charge is 0.225 e. The minimum atomic E-state index is 0.0594. The van der Waals surface area contributed by atoms with Gasteiger partial charge >= 0.3 is 0 Å². The number of hydrogen-bond acceptors (Lipinski definition) is 3. The molecule has 0 aromatic heterocycles. The van der Waals surface area contributed by atoms with Crippen molar-refractivity contribution in [3.63, 3.8) is 0 Å². The Balaban J connectivity index is 1.64. The molecular weight excluding hydrogens is 376 g/mol. The van der Waals surface area contributed by atoms with Crippen LogP contribution >= 0.6 is 0 Å². The van der Waals surface area contributed by atoms with Crippen LogP contribution in [0.5, 0.6) is 5.75 Å². The van der Waals surface area contributed by atoms with E-state index >= 15 is 0 Å². The number of hydrogen-bond donors (Lipinski definition) is 0. The number of para-hydroxylation sites is 1. The summed E-state index contributed by atoms with van der Waals surface area (Å²) in [6, 6.07) is 9.94. The Kier molecular flexibility index (Phi) is 7.79. The van der Waals surface area contributed by atoms with Gasteiger partial charge in [-0.2, -0.15) is 0 Å². The summed E-state index contributed by atoms with van der Waals surface area (Å²) in [6.45, 7) is 12.1. The quantitative estimate of drug-likeness (QED) is 0.675. The van der Waals surface area contributed by atoms with Crippen molar-refractivity contribution in [2.45, 2.75) is 47.0 Å². The number of amides is 2. The predicted molar refractivity (Wildman–Crippen MR) is 119 cm³/mol. The largest absolute Gasteiger partial charge is 0.493 e. The number of nitrogens with zero attached hydrogens (tertiary/aromatic N) is 2. The molecule has 2 fully saturated rings. The molecule has 5 heteroatoms. The molecule has 2 unspecified atom stereocenters. The summed E-state index contributed by atoms with van der Waals surface area (Å²) in [4.78, 5) is 29.2. The van der Waals surface area contributed by atoms with E-state index in [0.717, 1.165) is 44.8 Å². The first-order valence-corrected chi connectivity index (χ1v) is 11.6. The Hall–Kier alpha value is -2.04. The lowest BCUT2D eigenvalue weighted by molar-refractivity contribution is -0.136. The van der Waals surface area contributed by atoms with E-state index in [9.17, 15) is 9.59 Å². The van der Waals surface area contributed by atoms with Crippen LogP contribution in [-0.2, 0) is 9.59 Å². The topological polar surface area (TPSA) is 49.9 Å². The van der Waals surface area contributed by atoms with E-state index in [4.69, 9.17) is 4.74 Å². The SMILES string of the molecule is CC(C)CC(=O)N1CC(COc2ccccc2)C(C2CCN(C(=O)C(C)C)CC2)C1. The van der Waals surface area contributed by atoms with Crippen molar-refractivity contribution in [3.05, 3.63) is 30.3 Å². The van der Waals surface area contributed by atoms with E-state index in [1.54, 1.807) is 0 Å². The maximum absolute atomic E-state index is 12.8. The minimum Gasteiger partial charge on any atom is -0.493 e. The number of piperidine rings is 1. The number of carbonyl (C=O) groups is 2. The van der Waals surface area contributed by atoms with Gasteiger partial charge in [-0.15, -0.1) is 0 Å². The zero-order valence-corrected chi connectivity index (χ0v) is 19.0. The first-order valence-electron chi connectivity index (χ1n) is 11.6. The monoisotopic (exact) mass is 414 g/mol. The van der Waals surface area contributed by atoms with Gasteiger partial charge in [0, 0.05) is 44.4 Å². The van der Waals surface area contributed by atoms with Crippen LogP contribution < -0.4 is 4.74 Å². The Morgan fingerprint density at radius 3 is 2.27 bits per heavy atom. The molecule has 5 nitrogen and oxygen atoms in total. The van der Waals surface area contributed by atoms with Crippen LogP contribution in [-0.4, -0.2) is 54.4 Å². The Morgan fingerprint density at radius 2 is 1.67 bits per heavy atom. The number of carbonyl (C=O) groups excluding carboxylic acids is 2. The van der Waals surface area contributed by atoms with E-state index < -0.39 is 0 Å². The predicted octanol–water partition coefficient (Wildman–Crippen LogP) is 4.08. The molecule has 0 radical (unpaired) electrons. The van der Waals surface area contributed by atoms with Crippen LogP contribution in [0.2, 0.25) is 0 Å². The molecule has 2 atom stereocenters. The van der Waals surface area contributed by atoms with Crippen LogP contribution in [0.4, 0.5) is 0 Å². The van der Waals surface area contributed by atoms with Gasteiger partial charge < -0.3 is 14.5 Å². The van der Waals surface area contributed by atoms with Crippen molar-refractivity contribution in [1.82, 2.24) is 9.80 Å². The van der Waals surface area contributed by atoms with Crippen molar-refractivity contribution >= 4 is 11.8 Å². The minimum absolute atomic E-state index is 0.0594. The van der Waals surface area contributed by atoms with Gasteiger partial charge in [0.15, 0.2) is 0 Å². The fraction of sp³-hybridized carbons (Fsp3) is 0.680. The highest BCUT2D eigenvalue weighted by Crippen LogP contribution is 2.37. The molecule has 0 aliphatic carbocycles. The standard InChI is InChI=1S/C25H38N2O3/c1-18(2)14-24(28)27-15-21(17-30-22-8-6-5-7-9-22)23(16-27)20-10-12-26(13-11-20)25(29)19(3)4/h5-9,18-21,23H,10-17H2,1-4H3. The third-order valence-corrected chi connectivity index (χ3v) is 6.59. The summed E-state index contributed by atoms with van der Waals surface area (Å²) in [5.74, 6) is 3.19. The number of likely N-dealkylation sites (tertiary alicyclic amines) is 2. The van der Waals surface area contributed by atoms with Gasteiger partial charge in [-0.05, 0) is 42.7 Å². The highest BCUT2D eigenvalue weighted by Gasteiger charge is 2.41. The van der Waals surface area contributed by atoms with Gasteiger partial charge in [0.25, 0.3) is 0 Å². The van der Waals surface area contributed by atoms with Gasteiger partial charge in [0.05, 0.1) is 6.61 Å². The maximum Gasteiger partial charge on any atom is 0.225 e. The van der Waals surface area contributed by atoms with Gasteiger partial charge in [-0.1, -0.05) is 45.9 Å². The molecule has 3 rings (SSSR count). The van der Waals surface area contributed by atoms with Gasteiger partial charge in [0.1, 0.15) is 5.75 Å². The van der Waals surface area contributed by atoms with Crippen LogP contribution in [0, 0.1) is 29.6 Å². The van der Waals surface area contributed by atoms with Crippen molar-refractivity contribution in [3.8, 4) is 5.75 Å². The normalized spacial score (nSPS) is 22.7. The van der Waals surface area contributed by atoms with Gasteiger partial charge in [0.2, 0.25) is 11.8 Å². The molecule has 1 aromatic rings. The van der Waals surface area contributed by atoms with Gasteiger partial charge in [-0.3, -0.25) is 9.59 Å². The molecule has 2 heterocycles. The second-order valence-corrected chi connectivity index (χ2v) is 9.76. The summed E-state index contributed by atoms with van der Waals surface area (Å²) in [7, 11) is 0. The Morgan fingerprint density at radius 1 is 1.00 bits per heavy atom. The molecule has 0 saturated carbocycles. The first-order chi connectivity index (χ1) is 14.3. The van der Waals surface area contributed by atoms with E-state index in [-0.39, 0.29) is 17.7 Å². The molecular formula is C25H38N2O3. The summed E-state index contributed by atoms with van der Waals surface area (Å²) in [5, 5.41) is 0. The molecule has 30 heavy (non-hydrogen) atoms. The summed E-state index contributed by atoms with van der Waals surface area (Å²) in [6.07, 6.45) is 2.66. The molecule has 2 aliphatic rings. The molecule has 166 valence electrons. The van der Waals surface area contributed by atoms with E-state index in [0.29, 0.717) is 36.7 Å². The van der Waals surface area contributed by atoms with Crippen LogP contribution in [0.1, 0.15) is 47.0 Å². The Labute approximate surface area is 181 Å². The molecule has 2 saturated heterocycles. The maximum atomic E-state index is 12.8. The highest BCUT2D eigenvalue weighted by molar-refractivity contribution is 5.78. The third kappa shape index (κ3) is 5.77. The van der Waals surface area contributed by atoms with Crippen molar-refractivity contribution < 1.29 is 14.3 Å². The molecule has 0 spiro atoms. The van der Waals surface area contributed by atoms with E-state index in [1.165, 1.54) is 0 Å². The average Bonchev–Trinajstić information content (AvgIpc) is 3.16. The number of benzene rings is 1. The van der Waals surface area contributed by atoms with Crippen molar-refractivity contribution in [2.75, 3.05) is 32.8 Å². The van der Waals surface area contributed by atoms with E-state index in [1.807, 2.05) is 49.1 Å². The lowest BCUT2D eigenvalue weighted by Crippen LogP contribution is -2.43.